The Bertz CT molecular complexity index is 774. The van der Waals surface area contributed by atoms with Crippen molar-refractivity contribution in [2.75, 3.05) is 26.0 Å². The van der Waals surface area contributed by atoms with Crippen LogP contribution in [0.1, 0.15) is 11.7 Å². The molecule has 0 saturated heterocycles. The number of anilines is 1. The van der Waals surface area contributed by atoms with Crippen LogP contribution in [0.3, 0.4) is 0 Å². The number of nitrogens with one attached hydrogen (secondary N) is 2. The largest absolute Gasteiger partial charge is 0.353 e. The first kappa shape index (κ1) is 18.6. The standard InChI is InChI=1S/C17H20F2N4O2/c1-22(2)15(14-5-4-8-23(14)3)10-20-16(24)17(25)21-13-9-11(18)6-7-12(13)19/h4-9,15H,10H2,1-3H3,(H,20,24)(H,21,25). The Morgan fingerprint density at radius 2 is 1.92 bits per heavy atom. The summed E-state index contributed by atoms with van der Waals surface area (Å²) in [6.45, 7) is 0.183. The Labute approximate surface area is 144 Å². The fraction of sp³-hybridized carbons (Fsp3) is 0.294. The molecule has 1 heterocycles. The molecule has 1 atom stereocenters. The molecule has 1 aromatic heterocycles. The van der Waals surface area contributed by atoms with E-state index in [-0.39, 0.29) is 18.3 Å². The zero-order valence-corrected chi connectivity index (χ0v) is 14.2. The van der Waals surface area contributed by atoms with Gasteiger partial charge in [-0.25, -0.2) is 8.78 Å². The number of aromatic nitrogens is 1. The van der Waals surface area contributed by atoms with Crippen molar-refractivity contribution < 1.29 is 18.4 Å². The quantitative estimate of drug-likeness (QED) is 0.806. The van der Waals surface area contributed by atoms with Gasteiger partial charge in [-0.2, -0.15) is 0 Å². The van der Waals surface area contributed by atoms with Gasteiger partial charge in [-0.1, -0.05) is 0 Å². The van der Waals surface area contributed by atoms with Gasteiger partial charge in [0.2, 0.25) is 0 Å². The Hall–Kier alpha value is -2.74. The molecule has 0 aliphatic heterocycles. The van der Waals surface area contributed by atoms with Crippen LogP contribution in [0.2, 0.25) is 0 Å². The number of benzene rings is 1. The van der Waals surface area contributed by atoms with Gasteiger partial charge >= 0.3 is 11.8 Å². The van der Waals surface area contributed by atoms with Crippen molar-refractivity contribution in [3.05, 3.63) is 53.9 Å². The fourth-order valence-corrected chi connectivity index (χ4v) is 2.41. The molecule has 2 N–H and O–H groups in total. The van der Waals surface area contributed by atoms with Gasteiger partial charge in [-0.3, -0.25) is 14.5 Å². The number of carbonyl (C=O) groups excluding carboxylic acids is 2. The van der Waals surface area contributed by atoms with Crippen LogP contribution < -0.4 is 10.6 Å². The first-order chi connectivity index (χ1) is 11.8. The van der Waals surface area contributed by atoms with E-state index in [1.807, 2.05) is 48.9 Å². The second-order valence-corrected chi connectivity index (χ2v) is 5.81. The van der Waals surface area contributed by atoms with Crippen molar-refractivity contribution in [2.45, 2.75) is 6.04 Å². The molecule has 1 aromatic carbocycles. The average molecular weight is 350 g/mol. The van der Waals surface area contributed by atoms with Gasteiger partial charge in [0.15, 0.2) is 0 Å². The molecular formula is C17H20F2N4O2. The predicted molar refractivity (Wildman–Crippen MR) is 89.8 cm³/mol. The van der Waals surface area contributed by atoms with Gasteiger partial charge in [-0.05, 0) is 38.4 Å². The number of likely N-dealkylation sites (N-methyl/N-ethyl adjacent to an activating group) is 1. The number of amides is 2. The Kier molecular flexibility index (Phi) is 5.87. The molecule has 6 nitrogen and oxygen atoms in total. The van der Waals surface area contributed by atoms with Crippen molar-refractivity contribution >= 4 is 17.5 Å². The van der Waals surface area contributed by atoms with Crippen LogP contribution in [0.5, 0.6) is 0 Å². The number of hydrogen-bond donors (Lipinski definition) is 2. The minimum atomic E-state index is -1.06. The Morgan fingerprint density at radius 3 is 2.52 bits per heavy atom. The maximum atomic E-state index is 13.5. The van der Waals surface area contributed by atoms with Crippen LogP contribution >= 0.6 is 0 Å². The topological polar surface area (TPSA) is 66.4 Å². The number of halogens is 2. The van der Waals surface area contributed by atoms with Crippen molar-refractivity contribution in [1.29, 1.82) is 0 Å². The van der Waals surface area contributed by atoms with Crippen LogP contribution in [0.15, 0.2) is 36.5 Å². The Balaban J connectivity index is 1.99. The average Bonchev–Trinajstić information content (AvgIpc) is 2.96. The second-order valence-electron chi connectivity index (χ2n) is 5.81. The molecular weight excluding hydrogens is 330 g/mol. The van der Waals surface area contributed by atoms with E-state index in [9.17, 15) is 18.4 Å². The van der Waals surface area contributed by atoms with Gasteiger partial charge in [0.05, 0.1) is 11.7 Å². The number of rotatable bonds is 5. The lowest BCUT2D eigenvalue weighted by atomic mass is 10.2. The molecule has 2 amide bonds. The molecule has 0 saturated carbocycles. The van der Waals surface area contributed by atoms with E-state index in [1.165, 1.54) is 0 Å². The van der Waals surface area contributed by atoms with E-state index in [2.05, 4.69) is 10.6 Å². The first-order valence-electron chi connectivity index (χ1n) is 7.61. The summed E-state index contributed by atoms with van der Waals surface area (Å²) in [6, 6.07) is 6.26. The molecule has 0 fully saturated rings. The summed E-state index contributed by atoms with van der Waals surface area (Å²) in [5, 5.41) is 4.58. The van der Waals surface area contributed by atoms with Gasteiger partial charge < -0.3 is 15.2 Å². The smallest absolute Gasteiger partial charge is 0.313 e. The molecule has 25 heavy (non-hydrogen) atoms. The molecule has 0 radical (unpaired) electrons. The van der Waals surface area contributed by atoms with E-state index in [0.717, 1.165) is 23.9 Å². The SMILES string of the molecule is CN(C)C(CNC(=O)C(=O)Nc1cc(F)ccc1F)c1cccn1C. The molecule has 2 aromatic rings. The molecule has 1 unspecified atom stereocenters. The van der Waals surface area contributed by atoms with Crippen molar-refractivity contribution in [1.82, 2.24) is 14.8 Å². The zero-order chi connectivity index (χ0) is 18.6. The van der Waals surface area contributed by atoms with Crippen molar-refractivity contribution in [3.8, 4) is 0 Å². The third-order valence-electron chi connectivity index (χ3n) is 3.79. The third kappa shape index (κ3) is 4.63. The van der Waals surface area contributed by atoms with Crippen LogP contribution in [0.25, 0.3) is 0 Å². The van der Waals surface area contributed by atoms with Crippen LogP contribution in [0, 0.1) is 11.6 Å². The lowest BCUT2D eigenvalue weighted by Crippen LogP contribution is -2.40. The highest BCUT2D eigenvalue weighted by molar-refractivity contribution is 6.39. The van der Waals surface area contributed by atoms with Gasteiger partial charge in [0, 0.05) is 31.5 Å². The maximum Gasteiger partial charge on any atom is 0.313 e. The highest BCUT2D eigenvalue weighted by atomic mass is 19.1. The normalized spacial score (nSPS) is 12.1. The zero-order valence-electron chi connectivity index (χ0n) is 14.2. The molecule has 2 rings (SSSR count). The van der Waals surface area contributed by atoms with Crippen LogP contribution in [-0.2, 0) is 16.6 Å². The minimum absolute atomic E-state index is 0.150. The molecule has 0 aliphatic rings. The minimum Gasteiger partial charge on any atom is -0.353 e. The summed E-state index contributed by atoms with van der Waals surface area (Å²) >= 11 is 0. The summed E-state index contributed by atoms with van der Waals surface area (Å²) in [7, 11) is 5.59. The summed E-state index contributed by atoms with van der Waals surface area (Å²) in [4.78, 5) is 25.7. The van der Waals surface area contributed by atoms with Crippen LogP contribution in [-0.4, -0.2) is 41.9 Å². The highest BCUT2D eigenvalue weighted by Crippen LogP contribution is 2.17. The Morgan fingerprint density at radius 1 is 1.20 bits per heavy atom. The first-order valence-corrected chi connectivity index (χ1v) is 7.61. The fourth-order valence-electron chi connectivity index (χ4n) is 2.41. The van der Waals surface area contributed by atoms with E-state index >= 15 is 0 Å². The molecule has 0 bridgehead atoms. The van der Waals surface area contributed by atoms with E-state index in [0.29, 0.717) is 0 Å². The molecule has 8 heteroatoms. The van der Waals surface area contributed by atoms with Crippen molar-refractivity contribution in [2.24, 2.45) is 7.05 Å². The van der Waals surface area contributed by atoms with E-state index < -0.39 is 23.4 Å². The summed E-state index contributed by atoms with van der Waals surface area (Å²) < 4.78 is 28.5. The molecule has 0 aliphatic carbocycles. The number of carbonyl (C=O) groups is 2. The van der Waals surface area contributed by atoms with Gasteiger partial charge in [0.25, 0.3) is 0 Å². The second kappa shape index (κ2) is 7.89. The highest BCUT2D eigenvalue weighted by Gasteiger charge is 2.21. The monoisotopic (exact) mass is 350 g/mol. The maximum absolute atomic E-state index is 13.5. The van der Waals surface area contributed by atoms with Crippen LogP contribution in [0.4, 0.5) is 14.5 Å². The van der Waals surface area contributed by atoms with Gasteiger partial charge in [0.1, 0.15) is 11.6 Å². The number of nitrogens with zero attached hydrogens (tertiary/aromatic N) is 2. The number of aryl methyl sites for hydroxylation is 1. The lowest BCUT2D eigenvalue weighted by Gasteiger charge is -2.25. The van der Waals surface area contributed by atoms with Crippen molar-refractivity contribution in [3.63, 3.8) is 0 Å². The predicted octanol–water partition coefficient (Wildman–Crippen LogP) is 1.66. The van der Waals surface area contributed by atoms with E-state index in [1.54, 1.807) is 0 Å². The number of hydrogen-bond acceptors (Lipinski definition) is 3. The lowest BCUT2D eigenvalue weighted by molar-refractivity contribution is -0.136. The van der Waals surface area contributed by atoms with E-state index in [4.69, 9.17) is 0 Å². The van der Waals surface area contributed by atoms with Gasteiger partial charge in [-0.15, -0.1) is 0 Å². The summed E-state index contributed by atoms with van der Waals surface area (Å²) in [5.74, 6) is -3.52. The summed E-state index contributed by atoms with van der Waals surface area (Å²) in [5.41, 5.74) is 0.577. The summed E-state index contributed by atoms with van der Waals surface area (Å²) in [6.07, 6.45) is 1.88. The third-order valence-corrected chi connectivity index (χ3v) is 3.79. The molecule has 134 valence electrons. The molecule has 0 spiro atoms.